The summed E-state index contributed by atoms with van der Waals surface area (Å²) >= 11 is 6.00. The minimum Gasteiger partial charge on any atom is -0.309 e. The largest absolute Gasteiger partial charge is 0.333 e. The molecule has 3 aromatic rings. The second kappa shape index (κ2) is 6.22. The number of para-hydroxylation sites is 1. The number of aromatic nitrogens is 3. The van der Waals surface area contributed by atoms with Gasteiger partial charge in [0.05, 0.1) is 6.54 Å². The molecule has 25 heavy (non-hydrogen) atoms. The van der Waals surface area contributed by atoms with E-state index in [1.807, 2.05) is 41.3 Å². The van der Waals surface area contributed by atoms with Gasteiger partial charge in [-0.25, -0.2) is 4.68 Å². The Labute approximate surface area is 148 Å². The zero-order valence-electron chi connectivity index (χ0n) is 13.3. The monoisotopic (exact) mass is 354 g/mol. The van der Waals surface area contributed by atoms with Crippen LogP contribution in [0.1, 0.15) is 5.56 Å². The van der Waals surface area contributed by atoms with E-state index in [0.717, 1.165) is 11.3 Å². The second-order valence-electron chi connectivity index (χ2n) is 5.84. The van der Waals surface area contributed by atoms with Crippen LogP contribution in [0.15, 0.2) is 64.2 Å². The van der Waals surface area contributed by atoms with Gasteiger partial charge in [-0.15, -0.1) is 5.10 Å². The van der Waals surface area contributed by atoms with Gasteiger partial charge in [-0.1, -0.05) is 41.9 Å². The molecule has 0 bridgehead atoms. The lowest BCUT2D eigenvalue weighted by Crippen LogP contribution is -2.42. The highest BCUT2D eigenvalue weighted by molar-refractivity contribution is 6.30. The van der Waals surface area contributed by atoms with Crippen LogP contribution in [0.3, 0.4) is 0 Å². The van der Waals surface area contributed by atoms with Crippen molar-refractivity contribution in [3.63, 3.8) is 0 Å². The molecule has 0 N–H and O–H groups in total. The molecule has 1 aliphatic rings. The lowest BCUT2D eigenvalue weighted by molar-refractivity contribution is 0.591. The predicted octanol–water partition coefficient (Wildman–Crippen LogP) is 2.26. The standard InChI is InChI=1S/C18H15ClN4O2/c19-14-6-4-5-13(11-14)12-23-17(25)16(24)22-10-9-21(18(22)20-23)15-7-2-1-3-8-15/h1-8,11H,9-10,12H2. The van der Waals surface area contributed by atoms with Crippen LogP contribution in [-0.4, -0.2) is 20.9 Å². The van der Waals surface area contributed by atoms with Crippen molar-refractivity contribution < 1.29 is 0 Å². The van der Waals surface area contributed by atoms with Crippen LogP contribution in [0.2, 0.25) is 5.02 Å². The molecule has 0 radical (unpaired) electrons. The third kappa shape index (κ3) is 2.85. The van der Waals surface area contributed by atoms with Gasteiger partial charge < -0.3 is 4.90 Å². The molecule has 2 aromatic carbocycles. The zero-order chi connectivity index (χ0) is 17.4. The number of fused-ring (bicyclic) bond motifs is 1. The lowest BCUT2D eigenvalue weighted by atomic mass is 10.2. The summed E-state index contributed by atoms with van der Waals surface area (Å²) in [6, 6.07) is 16.9. The average molecular weight is 355 g/mol. The molecular weight excluding hydrogens is 340 g/mol. The van der Waals surface area contributed by atoms with Crippen molar-refractivity contribution in [2.75, 3.05) is 11.4 Å². The van der Waals surface area contributed by atoms with Crippen molar-refractivity contribution in [1.29, 1.82) is 0 Å². The second-order valence-corrected chi connectivity index (χ2v) is 6.27. The summed E-state index contributed by atoms with van der Waals surface area (Å²) in [5.74, 6) is 0.484. The van der Waals surface area contributed by atoms with Gasteiger partial charge in [-0.2, -0.15) is 0 Å². The average Bonchev–Trinajstić information content (AvgIpc) is 3.04. The molecular formula is C18H15ClN4O2. The van der Waals surface area contributed by atoms with E-state index in [9.17, 15) is 9.59 Å². The third-order valence-corrected chi connectivity index (χ3v) is 4.43. The van der Waals surface area contributed by atoms with E-state index in [1.165, 1.54) is 9.25 Å². The minimum absolute atomic E-state index is 0.200. The smallest absolute Gasteiger partial charge is 0.309 e. The van der Waals surface area contributed by atoms with Crippen LogP contribution in [-0.2, 0) is 13.1 Å². The highest BCUT2D eigenvalue weighted by atomic mass is 35.5. The topological polar surface area (TPSA) is 60.1 Å². The van der Waals surface area contributed by atoms with Crippen LogP contribution >= 0.6 is 11.6 Å². The van der Waals surface area contributed by atoms with Crippen molar-refractivity contribution in [3.8, 4) is 0 Å². The van der Waals surface area contributed by atoms with Gasteiger partial charge in [0.15, 0.2) is 0 Å². The van der Waals surface area contributed by atoms with E-state index in [-0.39, 0.29) is 6.54 Å². The number of hydrogen-bond donors (Lipinski definition) is 0. The summed E-state index contributed by atoms with van der Waals surface area (Å²) in [7, 11) is 0. The maximum absolute atomic E-state index is 12.5. The van der Waals surface area contributed by atoms with Gasteiger partial charge in [0, 0.05) is 23.8 Å². The van der Waals surface area contributed by atoms with Crippen LogP contribution in [0.5, 0.6) is 0 Å². The quantitative estimate of drug-likeness (QED) is 0.677. The number of nitrogens with zero attached hydrogens (tertiary/aromatic N) is 4. The summed E-state index contributed by atoms with van der Waals surface area (Å²) in [6.07, 6.45) is 0. The first kappa shape index (κ1) is 15.7. The molecule has 126 valence electrons. The number of hydrogen-bond acceptors (Lipinski definition) is 4. The Morgan fingerprint density at radius 2 is 1.76 bits per heavy atom. The third-order valence-electron chi connectivity index (χ3n) is 4.19. The van der Waals surface area contributed by atoms with Crippen molar-refractivity contribution in [2.45, 2.75) is 13.1 Å². The van der Waals surface area contributed by atoms with Gasteiger partial charge in [0.25, 0.3) is 0 Å². The number of anilines is 2. The van der Waals surface area contributed by atoms with E-state index in [0.29, 0.717) is 24.1 Å². The number of halogens is 1. The molecule has 0 unspecified atom stereocenters. The normalized spacial score (nSPS) is 13.1. The molecule has 1 aromatic heterocycles. The van der Waals surface area contributed by atoms with E-state index in [1.54, 1.807) is 18.2 Å². The Balaban J connectivity index is 1.79. The summed E-state index contributed by atoms with van der Waals surface area (Å²) in [6.45, 7) is 1.25. The van der Waals surface area contributed by atoms with Gasteiger partial charge in [-0.3, -0.25) is 14.2 Å². The van der Waals surface area contributed by atoms with Crippen molar-refractivity contribution in [2.24, 2.45) is 0 Å². The fraction of sp³-hybridized carbons (Fsp3) is 0.167. The highest BCUT2D eigenvalue weighted by Crippen LogP contribution is 2.25. The molecule has 0 amide bonds. The molecule has 0 atom stereocenters. The summed E-state index contributed by atoms with van der Waals surface area (Å²) < 4.78 is 2.64. The minimum atomic E-state index is -0.626. The summed E-state index contributed by atoms with van der Waals surface area (Å²) in [5, 5.41) is 5.02. The van der Waals surface area contributed by atoms with Crippen molar-refractivity contribution in [3.05, 3.63) is 85.9 Å². The Morgan fingerprint density at radius 3 is 2.52 bits per heavy atom. The molecule has 0 saturated carbocycles. The number of rotatable bonds is 3. The first-order chi connectivity index (χ1) is 12.1. The van der Waals surface area contributed by atoms with Crippen LogP contribution in [0.25, 0.3) is 0 Å². The van der Waals surface area contributed by atoms with Crippen molar-refractivity contribution in [1.82, 2.24) is 14.3 Å². The van der Waals surface area contributed by atoms with Crippen LogP contribution < -0.4 is 16.0 Å². The highest BCUT2D eigenvalue weighted by Gasteiger charge is 2.25. The molecule has 4 rings (SSSR count). The Kier molecular flexibility index (Phi) is 3.89. The molecule has 0 fully saturated rings. The first-order valence-electron chi connectivity index (χ1n) is 7.92. The van der Waals surface area contributed by atoms with E-state index >= 15 is 0 Å². The van der Waals surface area contributed by atoms with E-state index in [2.05, 4.69) is 5.10 Å². The van der Waals surface area contributed by atoms with Gasteiger partial charge >= 0.3 is 11.1 Å². The zero-order valence-corrected chi connectivity index (χ0v) is 14.1. The predicted molar refractivity (Wildman–Crippen MR) is 96.8 cm³/mol. The van der Waals surface area contributed by atoms with Crippen LogP contribution in [0, 0.1) is 0 Å². The fourth-order valence-electron chi connectivity index (χ4n) is 2.99. The summed E-state index contributed by atoms with van der Waals surface area (Å²) in [4.78, 5) is 26.8. The van der Waals surface area contributed by atoms with Gasteiger partial charge in [0.2, 0.25) is 5.95 Å². The SMILES string of the molecule is O=c1c(=O)n2c(nn1Cc1cccc(Cl)c1)N(c1ccccc1)CC2. The molecule has 0 saturated heterocycles. The first-order valence-corrected chi connectivity index (χ1v) is 8.30. The molecule has 0 spiro atoms. The maximum atomic E-state index is 12.5. The molecule has 0 aliphatic carbocycles. The van der Waals surface area contributed by atoms with Gasteiger partial charge in [0.1, 0.15) is 0 Å². The van der Waals surface area contributed by atoms with E-state index < -0.39 is 11.1 Å². The Bertz CT molecular complexity index is 1040. The Morgan fingerprint density at radius 1 is 0.960 bits per heavy atom. The number of benzene rings is 2. The summed E-state index contributed by atoms with van der Waals surface area (Å²) in [5.41, 5.74) is 0.577. The molecule has 6 nitrogen and oxygen atoms in total. The lowest BCUT2D eigenvalue weighted by Gasteiger charge is -2.17. The van der Waals surface area contributed by atoms with E-state index in [4.69, 9.17) is 11.6 Å². The molecule has 1 aliphatic heterocycles. The van der Waals surface area contributed by atoms with Crippen molar-refractivity contribution >= 4 is 23.2 Å². The molecule has 7 heteroatoms. The van der Waals surface area contributed by atoms with Crippen LogP contribution in [0.4, 0.5) is 11.6 Å². The molecule has 2 heterocycles. The van der Waals surface area contributed by atoms with Gasteiger partial charge in [-0.05, 0) is 29.8 Å². The Hall–Kier alpha value is -2.86. The maximum Gasteiger partial charge on any atom is 0.333 e. The fourth-order valence-corrected chi connectivity index (χ4v) is 3.21.